The van der Waals surface area contributed by atoms with Crippen LogP contribution in [0.4, 0.5) is 0 Å². The Morgan fingerprint density at radius 1 is 1.00 bits per heavy atom. The molecule has 0 aromatic heterocycles. The molecule has 0 aliphatic rings. The lowest BCUT2D eigenvalue weighted by Gasteiger charge is -2.44. The van der Waals surface area contributed by atoms with Gasteiger partial charge in [-0.1, -0.05) is 107 Å². The monoisotopic (exact) mass is 378 g/mol. The van der Waals surface area contributed by atoms with Gasteiger partial charge in [-0.15, -0.1) is 0 Å². The van der Waals surface area contributed by atoms with E-state index in [0.717, 1.165) is 19.3 Å². The molecule has 0 aliphatic carbocycles. The molecule has 27 heavy (non-hydrogen) atoms. The summed E-state index contributed by atoms with van der Waals surface area (Å²) in [5.41, 5.74) is 0. The molecular formula is C24H30O2Si. The highest BCUT2D eigenvalue weighted by atomic mass is 28.4. The first-order valence-electron chi connectivity index (χ1n) is 9.69. The van der Waals surface area contributed by atoms with Crippen LogP contribution in [0.1, 0.15) is 47.0 Å². The minimum absolute atomic E-state index is 0.0942. The second-order valence-electron chi connectivity index (χ2n) is 7.82. The number of unbranched alkanes of at least 4 members (excludes halogenated alkanes) is 1. The van der Waals surface area contributed by atoms with E-state index in [2.05, 4.69) is 88.1 Å². The third-order valence-electron chi connectivity index (χ3n) is 4.86. The molecule has 0 fully saturated rings. The average Bonchev–Trinajstić information content (AvgIpc) is 2.68. The van der Waals surface area contributed by atoms with E-state index in [-0.39, 0.29) is 11.1 Å². The lowest BCUT2D eigenvalue weighted by molar-refractivity contribution is -0.103. The number of hydrogen-bond acceptors (Lipinski definition) is 2. The second-order valence-corrected chi connectivity index (χ2v) is 12.1. The largest absolute Gasteiger partial charge is 0.394 e. The van der Waals surface area contributed by atoms with E-state index in [1.54, 1.807) is 0 Å². The molecule has 2 aromatic carbocycles. The third kappa shape index (κ3) is 4.97. The van der Waals surface area contributed by atoms with Gasteiger partial charge in [-0.25, -0.2) is 0 Å². The molecule has 2 rings (SSSR count). The Kier molecular flexibility index (Phi) is 7.59. The molecule has 2 nitrogen and oxygen atoms in total. The SMILES string of the molecule is CCCC[C@@H](C#CC=O)O[Si](c1ccccc1)(c1ccccc1)C(C)(C)C. The van der Waals surface area contributed by atoms with E-state index < -0.39 is 8.32 Å². The number of rotatable bonds is 7. The van der Waals surface area contributed by atoms with Gasteiger partial charge in [0.25, 0.3) is 8.32 Å². The van der Waals surface area contributed by atoms with Crippen molar-refractivity contribution in [2.24, 2.45) is 0 Å². The van der Waals surface area contributed by atoms with Crippen LogP contribution in [0, 0.1) is 11.8 Å². The van der Waals surface area contributed by atoms with Crippen molar-refractivity contribution >= 4 is 25.0 Å². The van der Waals surface area contributed by atoms with Gasteiger partial charge < -0.3 is 4.43 Å². The van der Waals surface area contributed by atoms with Crippen molar-refractivity contribution in [2.75, 3.05) is 0 Å². The number of carbonyl (C=O) groups is 1. The molecule has 0 amide bonds. The Bertz CT molecular complexity index is 727. The summed E-state index contributed by atoms with van der Waals surface area (Å²) in [6.07, 6.45) is 3.34. The maximum Gasteiger partial charge on any atom is 0.262 e. The number of carbonyl (C=O) groups excluding carboxylic acids is 1. The first-order valence-corrected chi connectivity index (χ1v) is 11.6. The zero-order valence-electron chi connectivity index (χ0n) is 16.9. The highest BCUT2D eigenvalue weighted by Crippen LogP contribution is 2.37. The van der Waals surface area contributed by atoms with Gasteiger partial charge in [0.05, 0.1) is 0 Å². The Hall–Kier alpha value is -2.15. The van der Waals surface area contributed by atoms with Crippen LogP contribution in [-0.2, 0) is 9.22 Å². The van der Waals surface area contributed by atoms with Crippen molar-refractivity contribution in [3.63, 3.8) is 0 Å². The normalized spacial score (nSPS) is 12.7. The van der Waals surface area contributed by atoms with E-state index in [1.165, 1.54) is 10.4 Å². The average molecular weight is 379 g/mol. The molecule has 0 radical (unpaired) electrons. The van der Waals surface area contributed by atoms with Gasteiger partial charge in [-0.3, -0.25) is 4.79 Å². The Labute approximate surface area is 165 Å². The Morgan fingerprint density at radius 3 is 1.93 bits per heavy atom. The summed E-state index contributed by atoms with van der Waals surface area (Å²) < 4.78 is 6.99. The third-order valence-corrected chi connectivity index (χ3v) is 9.90. The van der Waals surface area contributed by atoms with Crippen molar-refractivity contribution in [3.8, 4) is 11.8 Å². The summed E-state index contributed by atoms with van der Waals surface area (Å²) >= 11 is 0. The van der Waals surface area contributed by atoms with Crippen molar-refractivity contribution in [3.05, 3.63) is 60.7 Å². The number of hydrogen-bond donors (Lipinski definition) is 0. The molecule has 1 atom stereocenters. The Balaban J connectivity index is 2.65. The summed E-state index contributed by atoms with van der Waals surface area (Å²) in [6, 6.07) is 21.1. The van der Waals surface area contributed by atoms with E-state index >= 15 is 0 Å². The van der Waals surface area contributed by atoms with Crippen molar-refractivity contribution in [2.45, 2.75) is 58.1 Å². The smallest absolute Gasteiger partial charge is 0.262 e. The minimum Gasteiger partial charge on any atom is -0.394 e. The predicted molar refractivity (Wildman–Crippen MR) is 116 cm³/mol. The highest BCUT2D eigenvalue weighted by Gasteiger charge is 2.51. The molecule has 0 saturated carbocycles. The first-order chi connectivity index (χ1) is 13.0. The van der Waals surface area contributed by atoms with Crippen molar-refractivity contribution < 1.29 is 9.22 Å². The number of aldehydes is 1. The summed E-state index contributed by atoms with van der Waals surface area (Å²) in [5, 5.41) is 2.37. The van der Waals surface area contributed by atoms with Crippen molar-refractivity contribution in [1.29, 1.82) is 0 Å². The van der Waals surface area contributed by atoms with E-state index in [0.29, 0.717) is 6.29 Å². The van der Waals surface area contributed by atoms with E-state index in [4.69, 9.17) is 4.43 Å². The zero-order chi connectivity index (χ0) is 19.8. The van der Waals surface area contributed by atoms with E-state index in [1.807, 2.05) is 12.1 Å². The van der Waals surface area contributed by atoms with Crippen LogP contribution in [0.5, 0.6) is 0 Å². The standard InChI is InChI=1S/C24H30O2Si/c1-5-6-14-21(15-13-20-25)26-27(24(2,3)4,22-16-9-7-10-17-22)23-18-11-8-12-19-23/h7-12,16-21H,5-6,14H2,1-4H3/t21-/m0/s1. The predicted octanol–water partition coefficient (Wildman–Crippen LogP) is 4.32. The molecule has 0 bridgehead atoms. The van der Waals surface area contributed by atoms with Gasteiger partial charge in [-0.2, -0.15) is 0 Å². The van der Waals surface area contributed by atoms with Crippen LogP contribution in [0.15, 0.2) is 60.7 Å². The molecular weight excluding hydrogens is 348 g/mol. The van der Waals surface area contributed by atoms with Gasteiger partial charge in [0.15, 0.2) is 6.29 Å². The van der Waals surface area contributed by atoms with Gasteiger partial charge in [0.2, 0.25) is 0 Å². The van der Waals surface area contributed by atoms with Crippen LogP contribution in [-0.4, -0.2) is 20.7 Å². The van der Waals surface area contributed by atoms with E-state index in [9.17, 15) is 4.79 Å². The lowest BCUT2D eigenvalue weighted by atomic mass is 10.2. The van der Waals surface area contributed by atoms with Crippen LogP contribution in [0.3, 0.4) is 0 Å². The first kappa shape index (κ1) is 21.2. The number of benzene rings is 2. The topological polar surface area (TPSA) is 26.3 Å². The van der Waals surface area contributed by atoms with Crippen LogP contribution in [0.2, 0.25) is 5.04 Å². The molecule has 142 valence electrons. The molecule has 0 spiro atoms. The second kappa shape index (κ2) is 9.69. The zero-order valence-corrected chi connectivity index (χ0v) is 17.9. The molecule has 0 unspecified atom stereocenters. The molecule has 0 N–H and O–H groups in total. The summed E-state index contributed by atoms with van der Waals surface area (Å²) in [5.74, 6) is 5.67. The maximum atomic E-state index is 10.9. The fourth-order valence-electron chi connectivity index (χ4n) is 3.58. The van der Waals surface area contributed by atoms with Crippen LogP contribution in [0.25, 0.3) is 0 Å². The maximum absolute atomic E-state index is 10.9. The van der Waals surface area contributed by atoms with Gasteiger partial charge in [0.1, 0.15) is 6.10 Å². The minimum atomic E-state index is -2.63. The quantitative estimate of drug-likeness (QED) is 0.407. The highest BCUT2D eigenvalue weighted by molar-refractivity contribution is 6.99. The van der Waals surface area contributed by atoms with Crippen LogP contribution < -0.4 is 10.4 Å². The fraction of sp³-hybridized carbons (Fsp3) is 0.375. The molecule has 0 heterocycles. The van der Waals surface area contributed by atoms with Gasteiger partial charge >= 0.3 is 0 Å². The fourth-order valence-corrected chi connectivity index (χ4v) is 8.20. The Morgan fingerprint density at radius 2 is 1.52 bits per heavy atom. The summed E-state index contributed by atoms with van der Waals surface area (Å²) in [4.78, 5) is 10.9. The lowest BCUT2D eigenvalue weighted by Crippen LogP contribution is -2.67. The van der Waals surface area contributed by atoms with Crippen LogP contribution >= 0.6 is 0 Å². The summed E-state index contributed by atoms with van der Waals surface area (Å²) in [7, 11) is -2.63. The molecule has 0 aliphatic heterocycles. The molecule has 2 aromatic rings. The van der Waals surface area contributed by atoms with Gasteiger partial charge in [0, 0.05) is 0 Å². The summed E-state index contributed by atoms with van der Waals surface area (Å²) in [6.45, 7) is 8.92. The molecule has 3 heteroatoms. The van der Waals surface area contributed by atoms with Crippen molar-refractivity contribution in [1.82, 2.24) is 0 Å². The molecule has 0 saturated heterocycles. The van der Waals surface area contributed by atoms with Gasteiger partial charge in [-0.05, 0) is 27.8 Å².